The van der Waals surface area contributed by atoms with Crippen LogP contribution in [0, 0.1) is 10.1 Å². The fourth-order valence-corrected chi connectivity index (χ4v) is 2.89. The number of halogens is 1. The summed E-state index contributed by atoms with van der Waals surface area (Å²) in [5.74, 6) is 0.103. The highest BCUT2D eigenvalue weighted by Crippen LogP contribution is 2.23. The van der Waals surface area contributed by atoms with Crippen LogP contribution >= 0.6 is 12.4 Å². The summed E-state index contributed by atoms with van der Waals surface area (Å²) in [6.45, 7) is 5.02. The number of hydrogen-bond donors (Lipinski definition) is 2. The van der Waals surface area contributed by atoms with Crippen molar-refractivity contribution >= 4 is 29.7 Å². The average Bonchev–Trinajstić information content (AvgIpc) is 3.06. The van der Waals surface area contributed by atoms with E-state index in [-0.39, 0.29) is 30.0 Å². The molecule has 1 aliphatic rings. The molecular weight excluding hydrogens is 332 g/mol. The van der Waals surface area contributed by atoms with Gasteiger partial charge in [0.05, 0.1) is 4.92 Å². The minimum Gasteiger partial charge on any atom is -0.379 e. The van der Waals surface area contributed by atoms with E-state index in [1.165, 1.54) is 6.07 Å². The Morgan fingerprint density at radius 1 is 1.46 bits per heavy atom. The third-order valence-electron chi connectivity index (χ3n) is 4.01. The summed E-state index contributed by atoms with van der Waals surface area (Å²) in [7, 11) is 0. The summed E-state index contributed by atoms with van der Waals surface area (Å²) < 4.78 is 0. The van der Waals surface area contributed by atoms with E-state index in [1.54, 1.807) is 18.2 Å². The molecular formula is C16H25ClN4O3. The molecule has 2 rings (SSSR count). The van der Waals surface area contributed by atoms with Gasteiger partial charge in [-0.2, -0.15) is 0 Å². The van der Waals surface area contributed by atoms with Gasteiger partial charge in [-0.1, -0.05) is 19.1 Å². The Bertz CT molecular complexity index is 550. The maximum atomic E-state index is 12.5. The van der Waals surface area contributed by atoms with E-state index < -0.39 is 4.92 Å². The second kappa shape index (κ2) is 10.1. The van der Waals surface area contributed by atoms with Crippen LogP contribution in [0.25, 0.3) is 0 Å². The molecule has 1 aromatic rings. The zero-order chi connectivity index (χ0) is 16.7. The van der Waals surface area contributed by atoms with Crippen molar-refractivity contribution in [3.63, 3.8) is 0 Å². The average molecular weight is 357 g/mol. The Labute approximate surface area is 148 Å². The minimum absolute atomic E-state index is 0. The van der Waals surface area contributed by atoms with Crippen LogP contribution in [0.15, 0.2) is 24.3 Å². The van der Waals surface area contributed by atoms with Gasteiger partial charge in [-0.25, -0.2) is 0 Å². The molecule has 1 heterocycles. The Balaban J connectivity index is 0.00000288. The highest BCUT2D eigenvalue weighted by atomic mass is 35.5. The van der Waals surface area contributed by atoms with Crippen LogP contribution in [0.4, 0.5) is 11.4 Å². The van der Waals surface area contributed by atoms with Gasteiger partial charge >= 0.3 is 0 Å². The van der Waals surface area contributed by atoms with Gasteiger partial charge < -0.3 is 15.5 Å². The summed E-state index contributed by atoms with van der Waals surface area (Å²) in [6.07, 6.45) is 2.26. The SMILES string of the molecule is CCCN(C(=O)CCNc1ccccc1[N+](=O)[O-])C1CCNC1.Cl. The maximum absolute atomic E-state index is 12.5. The first kappa shape index (κ1) is 20.2. The van der Waals surface area contributed by atoms with Gasteiger partial charge in [0.1, 0.15) is 5.69 Å². The number of nitrogens with zero attached hydrogens (tertiary/aromatic N) is 2. The number of amides is 1. The molecule has 1 aliphatic heterocycles. The number of para-hydroxylation sites is 2. The van der Waals surface area contributed by atoms with E-state index in [2.05, 4.69) is 17.6 Å². The number of hydrogen-bond acceptors (Lipinski definition) is 5. The number of carbonyl (C=O) groups excluding carboxylic acids is 1. The lowest BCUT2D eigenvalue weighted by molar-refractivity contribution is -0.384. The molecule has 0 saturated carbocycles. The molecule has 0 radical (unpaired) electrons. The van der Waals surface area contributed by atoms with Crippen molar-refractivity contribution in [1.82, 2.24) is 10.2 Å². The summed E-state index contributed by atoms with van der Waals surface area (Å²) in [6, 6.07) is 6.76. The normalized spacial score (nSPS) is 16.3. The third-order valence-corrected chi connectivity index (χ3v) is 4.01. The monoisotopic (exact) mass is 356 g/mol. The van der Waals surface area contributed by atoms with Gasteiger partial charge in [0.15, 0.2) is 0 Å². The summed E-state index contributed by atoms with van der Waals surface area (Å²) in [4.78, 5) is 24.9. The predicted molar refractivity (Wildman–Crippen MR) is 96.7 cm³/mol. The van der Waals surface area contributed by atoms with E-state index in [4.69, 9.17) is 0 Å². The smallest absolute Gasteiger partial charge is 0.292 e. The van der Waals surface area contributed by atoms with Crippen LogP contribution in [-0.2, 0) is 4.79 Å². The van der Waals surface area contributed by atoms with Crippen molar-refractivity contribution < 1.29 is 9.72 Å². The minimum atomic E-state index is -0.419. The van der Waals surface area contributed by atoms with Crippen molar-refractivity contribution in [3.05, 3.63) is 34.4 Å². The van der Waals surface area contributed by atoms with Crippen LogP contribution in [0.1, 0.15) is 26.2 Å². The summed E-state index contributed by atoms with van der Waals surface area (Å²) >= 11 is 0. The van der Waals surface area contributed by atoms with Gasteiger partial charge in [-0.05, 0) is 25.5 Å². The van der Waals surface area contributed by atoms with E-state index in [9.17, 15) is 14.9 Å². The van der Waals surface area contributed by atoms with Crippen molar-refractivity contribution in [3.8, 4) is 0 Å². The largest absolute Gasteiger partial charge is 0.379 e. The molecule has 134 valence electrons. The van der Waals surface area contributed by atoms with Crippen LogP contribution in [-0.4, -0.2) is 48.0 Å². The molecule has 8 heteroatoms. The van der Waals surface area contributed by atoms with Gasteiger partial charge in [0.2, 0.25) is 5.91 Å². The Morgan fingerprint density at radius 2 is 2.21 bits per heavy atom. The molecule has 0 bridgehead atoms. The lowest BCUT2D eigenvalue weighted by Gasteiger charge is -2.28. The molecule has 0 aliphatic carbocycles. The first-order valence-corrected chi connectivity index (χ1v) is 8.11. The molecule has 1 unspecified atom stereocenters. The van der Waals surface area contributed by atoms with Gasteiger partial charge in [-0.3, -0.25) is 14.9 Å². The second-order valence-corrected chi connectivity index (χ2v) is 5.68. The molecule has 1 atom stereocenters. The van der Waals surface area contributed by atoms with Crippen molar-refractivity contribution in [2.24, 2.45) is 0 Å². The molecule has 2 N–H and O–H groups in total. The Kier molecular flexibility index (Phi) is 8.49. The molecule has 7 nitrogen and oxygen atoms in total. The van der Waals surface area contributed by atoms with Crippen LogP contribution in [0.3, 0.4) is 0 Å². The molecule has 1 aromatic carbocycles. The standard InChI is InChI=1S/C16H24N4O3.ClH/c1-2-11-19(13-7-9-17-12-13)16(21)8-10-18-14-5-3-4-6-15(14)20(22)23;/h3-6,13,17-18H,2,7-12H2,1H3;1H. The number of nitrogens with one attached hydrogen (secondary N) is 2. The highest BCUT2D eigenvalue weighted by Gasteiger charge is 2.25. The fraction of sp³-hybridized carbons (Fsp3) is 0.562. The zero-order valence-corrected chi connectivity index (χ0v) is 14.7. The first-order valence-electron chi connectivity index (χ1n) is 8.11. The molecule has 1 saturated heterocycles. The molecule has 24 heavy (non-hydrogen) atoms. The maximum Gasteiger partial charge on any atom is 0.292 e. The molecule has 0 aromatic heterocycles. The van der Waals surface area contributed by atoms with E-state index >= 15 is 0 Å². The summed E-state index contributed by atoms with van der Waals surface area (Å²) in [5.41, 5.74) is 0.486. The molecule has 0 spiro atoms. The number of nitro groups is 1. The predicted octanol–water partition coefficient (Wildman–Crippen LogP) is 2.42. The topological polar surface area (TPSA) is 87.5 Å². The Hall–Kier alpha value is -1.86. The van der Waals surface area contributed by atoms with Crippen molar-refractivity contribution in [1.29, 1.82) is 0 Å². The fourth-order valence-electron chi connectivity index (χ4n) is 2.89. The third kappa shape index (κ3) is 5.35. The number of carbonyl (C=O) groups is 1. The van der Waals surface area contributed by atoms with E-state index in [0.29, 0.717) is 18.7 Å². The van der Waals surface area contributed by atoms with Crippen molar-refractivity contribution in [2.75, 3.05) is 31.5 Å². The van der Waals surface area contributed by atoms with E-state index in [0.717, 1.165) is 32.5 Å². The van der Waals surface area contributed by atoms with Gasteiger partial charge in [-0.15, -0.1) is 12.4 Å². The molecule has 1 amide bonds. The quantitative estimate of drug-likeness (QED) is 0.551. The highest BCUT2D eigenvalue weighted by molar-refractivity contribution is 5.85. The number of anilines is 1. The lowest BCUT2D eigenvalue weighted by atomic mass is 10.2. The number of nitro benzene ring substituents is 1. The van der Waals surface area contributed by atoms with Crippen LogP contribution in [0.2, 0.25) is 0 Å². The second-order valence-electron chi connectivity index (χ2n) is 5.68. The number of benzene rings is 1. The number of rotatable bonds is 8. The van der Waals surface area contributed by atoms with Crippen LogP contribution in [0.5, 0.6) is 0 Å². The van der Waals surface area contributed by atoms with Gasteiger partial charge in [0.25, 0.3) is 5.69 Å². The summed E-state index contributed by atoms with van der Waals surface area (Å²) in [5, 5.41) is 17.3. The Morgan fingerprint density at radius 3 is 2.83 bits per heavy atom. The zero-order valence-electron chi connectivity index (χ0n) is 13.9. The molecule has 1 fully saturated rings. The van der Waals surface area contributed by atoms with Gasteiger partial charge in [0, 0.05) is 38.2 Å². The van der Waals surface area contributed by atoms with E-state index in [1.807, 2.05) is 4.90 Å². The van der Waals surface area contributed by atoms with Crippen molar-refractivity contribution in [2.45, 2.75) is 32.2 Å². The first-order chi connectivity index (χ1) is 11.1. The van der Waals surface area contributed by atoms with Crippen LogP contribution < -0.4 is 10.6 Å². The lowest BCUT2D eigenvalue weighted by Crippen LogP contribution is -2.42.